The highest BCUT2D eigenvalue weighted by molar-refractivity contribution is 5.83. The van der Waals surface area contributed by atoms with Gasteiger partial charge in [-0.1, -0.05) is 24.3 Å². The van der Waals surface area contributed by atoms with Crippen molar-refractivity contribution in [3.05, 3.63) is 35.4 Å². The van der Waals surface area contributed by atoms with Gasteiger partial charge in [0.2, 0.25) is 5.91 Å². The fourth-order valence-electron chi connectivity index (χ4n) is 2.54. The van der Waals surface area contributed by atoms with Gasteiger partial charge >= 0.3 is 0 Å². The first-order valence-corrected chi connectivity index (χ1v) is 7.38. The molecule has 0 fully saturated rings. The molecule has 0 saturated heterocycles. The predicted molar refractivity (Wildman–Crippen MR) is 82.5 cm³/mol. The molecule has 3 heteroatoms. The number of carbonyl (C=O) groups excluding carboxylic acids is 1. The van der Waals surface area contributed by atoms with E-state index in [9.17, 15) is 4.79 Å². The molecule has 0 unspecified atom stereocenters. The molecule has 1 aliphatic rings. The maximum Gasteiger partial charge on any atom is 0.230 e. The van der Waals surface area contributed by atoms with E-state index in [0.29, 0.717) is 0 Å². The van der Waals surface area contributed by atoms with Gasteiger partial charge in [0.25, 0.3) is 0 Å². The van der Waals surface area contributed by atoms with Crippen molar-refractivity contribution >= 4 is 5.91 Å². The fraction of sp³-hybridized carbons (Fsp3) is 0.588. The van der Waals surface area contributed by atoms with Crippen molar-refractivity contribution in [1.82, 2.24) is 4.90 Å². The Morgan fingerprint density at radius 3 is 1.90 bits per heavy atom. The van der Waals surface area contributed by atoms with Gasteiger partial charge in [-0.3, -0.25) is 4.79 Å². The Morgan fingerprint density at radius 1 is 1.05 bits per heavy atom. The Bertz CT molecular complexity index is 473. The molecule has 0 aromatic heterocycles. The van der Waals surface area contributed by atoms with E-state index in [2.05, 4.69) is 24.3 Å². The summed E-state index contributed by atoms with van der Waals surface area (Å²) in [7, 11) is 0. The van der Waals surface area contributed by atoms with Crippen LogP contribution in [-0.2, 0) is 17.6 Å². The van der Waals surface area contributed by atoms with Crippen molar-refractivity contribution in [2.24, 2.45) is 11.1 Å². The van der Waals surface area contributed by atoms with Crippen LogP contribution in [0.3, 0.4) is 0 Å². The molecule has 3 nitrogen and oxygen atoms in total. The predicted octanol–water partition coefficient (Wildman–Crippen LogP) is 2.38. The molecule has 0 spiro atoms. The third-order valence-electron chi connectivity index (χ3n) is 4.85. The molecule has 1 aromatic rings. The third-order valence-corrected chi connectivity index (χ3v) is 4.85. The molecule has 2 rings (SSSR count). The Hall–Kier alpha value is -1.35. The van der Waals surface area contributed by atoms with Crippen molar-refractivity contribution in [3.8, 4) is 0 Å². The Labute approximate surface area is 122 Å². The van der Waals surface area contributed by atoms with Crippen LogP contribution in [0.15, 0.2) is 24.3 Å². The van der Waals surface area contributed by atoms with Gasteiger partial charge in [0.1, 0.15) is 0 Å². The topological polar surface area (TPSA) is 46.3 Å². The lowest BCUT2D eigenvalue weighted by atomic mass is 9.74. The summed E-state index contributed by atoms with van der Waals surface area (Å²) < 4.78 is 0. The average Bonchev–Trinajstić information content (AvgIpc) is 2.59. The zero-order valence-corrected chi connectivity index (χ0v) is 13.1. The summed E-state index contributed by atoms with van der Waals surface area (Å²) in [6, 6.07) is 8.48. The summed E-state index contributed by atoms with van der Waals surface area (Å²) in [6.45, 7) is 9.33. The maximum atomic E-state index is 12.8. The highest BCUT2D eigenvalue weighted by Gasteiger charge is 2.42. The fourth-order valence-corrected chi connectivity index (χ4v) is 2.54. The Balaban J connectivity index is 2.15. The van der Waals surface area contributed by atoms with Crippen LogP contribution in [0.1, 0.15) is 38.8 Å². The van der Waals surface area contributed by atoms with E-state index >= 15 is 0 Å². The number of hydrogen-bond acceptors (Lipinski definition) is 2. The van der Waals surface area contributed by atoms with E-state index in [1.54, 1.807) is 0 Å². The van der Waals surface area contributed by atoms with Crippen LogP contribution < -0.4 is 5.73 Å². The smallest absolute Gasteiger partial charge is 0.230 e. The summed E-state index contributed by atoms with van der Waals surface area (Å²) in [5.74, 6) is 0.165. The lowest BCUT2D eigenvalue weighted by molar-refractivity contribution is -0.143. The normalized spacial score (nSPS) is 16.6. The number of hydrogen-bond donors (Lipinski definition) is 1. The molecule has 1 aliphatic heterocycles. The van der Waals surface area contributed by atoms with Gasteiger partial charge in [0.15, 0.2) is 0 Å². The van der Waals surface area contributed by atoms with Gasteiger partial charge in [-0.15, -0.1) is 0 Å². The van der Waals surface area contributed by atoms with E-state index in [0.717, 1.165) is 25.9 Å². The van der Waals surface area contributed by atoms with Crippen LogP contribution in [0.5, 0.6) is 0 Å². The van der Waals surface area contributed by atoms with Gasteiger partial charge in [-0.05, 0) is 51.7 Å². The number of carbonyl (C=O) groups is 1. The monoisotopic (exact) mass is 274 g/mol. The van der Waals surface area contributed by atoms with E-state index in [-0.39, 0.29) is 5.91 Å². The van der Waals surface area contributed by atoms with Crippen LogP contribution in [0.25, 0.3) is 0 Å². The summed E-state index contributed by atoms with van der Waals surface area (Å²) >= 11 is 0. The van der Waals surface area contributed by atoms with Gasteiger partial charge < -0.3 is 10.6 Å². The maximum absolute atomic E-state index is 12.8. The van der Waals surface area contributed by atoms with E-state index in [1.807, 2.05) is 32.6 Å². The summed E-state index contributed by atoms with van der Waals surface area (Å²) in [4.78, 5) is 14.8. The number of rotatable bonds is 2. The second-order valence-electron chi connectivity index (χ2n) is 6.91. The van der Waals surface area contributed by atoms with Gasteiger partial charge in [0, 0.05) is 18.6 Å². The zero-order chi connectivity index (χ0) is 15.0. The molecule has 20 heavy (non-hydrogen) atoms. The molecule has 0 atom stereocenters. The SMILES string of the molecule is CC(C)(N)C(C)(C)C(=O)N1CCc2ccccc2CC1. The minimum Gasteiger partial charge on any atom is -0.342 e. The van der Waals surface area contributed by atoms with Crippen LogP contribution >= 0.6 is 0 Å². The van der Waals surface area contributed by atoms with Crippen molar-refractivity contribution in [2.45, 2.75) is 46.1 Å². The van der Waals surface area contributed by atoms with Gasteiger partial charge in [-0.25, -0.2) is 0 Å². The molecular weight excluding hydrogens is 248 g/mol. The lowest BCUT2D eigenvalue weighted by Gasteiger charge is -2.40. The first kappa shape index (κ1) is 15.0. The average molecular weight is 274 g/mol. The standard InChI is InChI=1S/C17H26N2O/c1-16(2,17(3,4)18)15(20)19-11-9-13-7-5-6-8-14(13)10-12-19/h5-8H,9-12,18H2,1-4H3. The van der Waals surface area contributed by atoms with E-state index in [1.165, 1.54) is 11.1 Å². The van der Waals surface area contributed by atoms with E-state index in [4.69, 9.17) is 5.73 Å². The molecule has 1 heterocycles. The van der Waals surface area contributed by atoms with E-state index < -0.39 is 11.0 Å². The third kappa shape index (κ3) is 2.73. The molecule has 0 bridgehead atoms. The minimum atomic E-state index is -0.552. The largest absolute Gasteiger partial charge is 0.342 e. The zero-order valence-electron chi connectivity index (χ0n) is 13.1. The van der Waals surface area contributed by atoms with Crippen LogP contribution in [0.4, 0.5) is 0 Å². The van der Waals surface area contributed by atoms with Crippen molar-refractivity contribution in [2.75, 3.05) is 13.1 Å². The first-order chi connectivity index (χ1) is 9.23. The second kappa shape index (κ2) is 5.21. The Morgan fingerprint density at radius 2 is 1.50 bits per heavy atom. The van der Waals surface area contributed by atoms with Crippen molar-refractivity contribution in [3.63, 3.8) is 0 Å². The van der Waals surface area contributed by atoms with Crippen LogP contribution in [-0.4, -0.2) is 29.4 Å². The molecule has 110 valence electrons. The lowest BCUT2D eigenvalue weighted by Crippen LogP contribution is -2.56. The highest BCUT2D eigenvalue weighted by Crippen LogP contribution is 2.31. The quantitative estimate of drug-likeness (QED) is 0.900. The summed E-state index contributed by atoms with van der Waals surface area (Å²) in [5, 5.41) is 0. The van der Waals surface area contributed by atoms with Crippen LogP contribution in [0, 0.1) is 5.41 Å². The second-order valence-corrected chi connectivity index (χ2v) is 6.91. The molecule has 2 N–H and O–H groups in total. The number of nitrogens with two attached hydrogens (primary N) is 1. The molecule has 1 amide bonds. The summed E-state index contributed by atoms with van der Waals surface area (Å²) in [5.41, 5.74) is 7.86. The first-order valence-electron chi connectivity index (χ1n) is 7.38. The van der Waals surface area contributed by atoms with Crippen molar-refractivity contribution < 1.29 is 4.79 Å². The molecule has 0 radical (unpaired) electrons. The molecule has 1 aromatic carbocycles. The summed E-state index contributed by atoms with van der Waals surface area (Å²) in [6.07, 6.45) is 1.87. The van der Waals surface area contributed by atoms with Gasteiger partial charge in [0.05, 0.1) is 5.41 Å². The molecule has 0 aliphatic carbocycles. The highest BCUT2D eigenvalue weighted by atomic mass is 16.2. The van der Waals surface area contributed by atoms with Crippen molar-refractivity contribution in [1.29, 1.82) is 0 Å². The number of benzene rings is 1. The Kier molecular flexibility index (Phi) is 3.92. The van der Waals surface area contributed by atoms with Gasteiger partial charge in [-0.2, -0.15) is 0 Å². The number of amides is 1. The minimum absolute atomic E-state index is 0.165. The number of nitrogens with zero attached hydrogens (tertiary/aromatic N) is 1. The van der Waals surface area contributed by atoms with Crippen LogP contribution in [0.2, 0.25) is 0 Å². The number of fused-ring (bicyclic) bond motifs is 1. The molecular formula is C17H26N2O. The molecule has 0 saturated carbocycles.